The van der Waals surface area contributed by atoms with Crippen LogP contribution in [0.1, 0.15) is 44.2 Å². The summed E-state index contributed by atoms with van der Waals surface area (Å²) in [6.07, 6.45) is 5.06. The lowest BCUT2D eigenvalue weighted by molar-refractivity contribution is 0.0555. The lowest BCUT2D eigenvalue weighted by atomic mass is 10.0. The number of esters is 2. The van der Waals surface area contributed by atoms with Gasteiger partial charge in [0.1, 0.15) is 10.6 Å². The summed E-state index contributed by atoms with van der Waals surface area (Å²) in [5, 5.41) is 0.518. The van der Waals surface area contributed by atoms with Crippen molar-refractivity contribution in [2.24, 2.45) is 0 Å². The Bertz CT molecular complexity index is 786. The van der Waals surface area contributed by atoms with Crippen molar-refractivity contribution >= 4 is 34.1 Å². The van der Waals surface area contributed by atoms with Gasteiger partial charge in [-0.2, -0.15) is 0 Å². The molecule has 0 bridgehead atoms. The summed E-state index contributed by atoms with van der Waals surface area (Å²) in [4.78, 5) is 40.1. The van der Waals surface area contributed by atoms with Crippen LogP contribution in [0.2, 0.25) is 0 Å². The number of morpholine rings is 1. The van der Waals surface area contributed by atoms with E-state index < -0.39 is 11.9 Å². The van der Waals surface area contributed by atoms with Gasteiger partial charge in [-0.1, -0.05) is 18.2 Å². The molecule has 1 aliphatic heterocycles. The van der Waals surface area contributed by atoms with E-state index in [0.29, 0.717) is 36.9 Å². The second kappa shape index (κ2) is 9.48. The minimum absolute atomic E-state index is 0.0512. The number of anilines is 1. The maximum absolute atomic E-state index is 13.1. The largest absolute Gasteiger partial charge is 0.465 e. The minimum atomic E-state index is -0.745. The zero-order valence-corrected chi connectivity index (χ0v) is 16.7. The molecule has 1 fully saturated rings. The summed E-state index contributed by atoms with van der Waals surface area (Å²) in [6, 6.07) is 0. The maximum atomic E-state index is 13.1. The predicted molar refractivity (Wildman–Crippen MR) is 103 cm³/mol. The van der Waals surface area contributed by atoms with Crippen LogP contribution in [-0.4, -0.2) is 58.2 Å². The van der Waals surface area contributed by atoms with Crippen molar-refractivity contribution in [2.75, 3.05) is 45.4 Å². The second-order valence-corrected chi connectivity index (χ2v) is 6.64. The molecule has 1 aliphatic rings. The lowest BCUT2D eigenvalue weighted by Crippen LogP contribution is -2.36. The van der Waals surface area contributed by atoms with Crippen molar-refractivity contribution in [2.45, 2.75) is 13.8 Å². The van der Waals surface area contributed by atoms with Crippen LogP contribution in [0.25, 0.3) is 0 Å². The van der Waals surface area contributed by atoms with Crippen LogP contribution in [0, 0.1) is 0 Å². The molecule has 2 heterocycles. The number of ether oxygens (including phenoxy) is 3. The number of hydrogen-bond donors (Lipinski definition) is 0. The van der Waals surface area contributed by atoms with Gasteiger partial charge >= 0.3 is 11.9 Å². The molecule has 7 nitrogen and oxygen atoms in total. The number of methoxy groups -OCH3 is 2. The molecule has 1 aromatic heterocycles. The Morgan fingerprint density at radius 1 is 1.04 bits per heavy atom. The number of thiophene rings is 1. The average molecular weight is 393 g/mol. The van der Waals surface area contributed by atoms with Crippen molar-refractivity contribution < 1.29 is 28.6 Å². The monoisotopic (exact) mass is 393 g/mol. The Kier molecular flexibility index (Phi) is 7.32. The number of rotatable bonds is 6. The van der Waals surface area contributed by atoms with Crippen molar-refractivity contribution in [1.29, 1.82) is 0 Å². The first-order chi connectivity index (χ1) is 13.0. The first kappa shape index (κ1) is 20.9. The quantitative estimate of drug-likeness (QED) is 0.318. The van der Waals surface area contributed by atoms with Gasteiger partial charge in [0.2, 0.25) is 5.78 Å². The van der Waals surface area contributed by atoms with Crippen LogP contribution in [-0.2, 0) is 14.2 Å². The van der Waals surface area contributed by atoms with Gasteiger partial charge in [-0.15, -0.1) is 11.3 Å². The third-order valence-corrected chi connectivity index (χ3v) is 5.34. The van der Waals surface area contributed by atoms with Crippen molar-refractivity contribution in [1.82, 2.24) is 0 Å². The van der Waals surface area contributed by atoms with Crippen LogP contribution >= 0.6 is 11.3 Å². The molecular weight excluding hydrogens is 370 g/mol. The summed E-state index contributed by atoms with van der Waals surface area (Å²) in [7, 11) is 2.45. The van der Waals surface area contributed by atoms with E-state index in [0.717, 1.165) is 11.3 Å². The Hall–Kier alpha value is -2.45. The summed E-state index contributed by atoms with van der Waals surface area (Å²) < 4.78 is 15.1. The fourth-order valence-electron chi connectivity index (χ4n) is 2.77. The van der Waals surface area contributed by atoms with Crippen molar-refractivity contribution in [3.63, 3.8) is 0 Å². The first-order valence-electron chi connectivity index (χ1n) is 8.49. The molecule has 0 spiro atoms. The van der Waals surface area contributed by atoms with Gasteiger partial charge in [0, 0.05) is 18.7 Å². The van der Waals surface area contributed by atoms with Gasteiger partial charge in [-0.3, -0.25) is 4.79 Å². The van der Waals surface area contributed by atoms with Crippen LogP contribution in [0.3, 0.4) is 0 Å². The Morgan fingerprint density at radius 2 is 1.63 bits per heavy atom. The highest BCUT2D eigenvalue weighted by Gasteiger charge is 2.35. The molecule has 0 saturated carbocycles. The van der Waals surface area contributed by atoms with E-state index in [1.54, 1.807) is 32.1 Å². The SMILES string of the molecule is CC=CC(=CC)C(=O)c1sc(N2CCOCC2)c(C(=O)OC)c1C(=O)OC. The zero-order chi connectivity index (χ0) is 20.0. The van der Waals surface area contributed by atoms with Crippen LogP contribution in [0.5, 0.6) is 0 Å². The molecule has 0 unspecified atom stereocenters. The highest BCUT2D eigenvalue weighted by molar-refractivity contribution is 7.19. The fourth-order valence-corrected chi connectivity index (χ4v) is 4.06. The van der Waals surface area contributed by atoms with Crippen LogP contribution in [0.15, 0.2) is 23.8 Å². The lowest BCUT2D eigenvalue weighted by Gasteiger charge is -2.28. The molecule has 1 saturated heterocycles. The molecule has 0 N–H and O–H groups in total. The number of nitrogens with zero attached hydrogens (tertiary/aromatic N) is 1. The Morgan fingerprint density at radius 3 is 2.15 bits per heavy atom. The van der Waals surface area contributed by atoms with Crippen molar-refractivity contribution in [3.8, 4) is 0 Å². The Labute approximate surface area is 162 Å². The molecule has 0 aromatic carbocycles. The van der Waals surface area contributed by atoms with Crippen LogP contribution in [0.4, 0.5) is 5.00 Å². The molecule has 0 aliphatic carbocycles. The fraction of sp³-hybridized carbons (Fsp3) is 0.421. The molecule has 0 radical (unpaired) electrons. The Balaban J connectivity index is 2.71. The topological polar surface area (TPSA) is 82.1 Å². The van der Waals surface area contributed by atoms with E-state index in [1.807, 2.05) is 4.90 Å². The average Bonchev–Trinajstić information content (AvgIpc) is 3.11. The summed E-state index contributed by atoms with van der Waals surface area (Å²) in [6.45, 7) is 5.62. The third-order valence-electron chi connectivity index (χ3n) is 4.09. The first-order valence-corrected chi connectivity index (χ1v) is 9.31. The number of hydrogen-bond acceptors (Lipinski definition) is 8. The van der Waals surface area contributed by atoms with E-state index in [-0.39, 0.29) is 21.8 Å². The number of allylic oxidation sites excluding steroid dienone is 4. The zero-order valence-electron chi connectivity index (χ0n) is 15.9. The van der Waals surface area contributed by atoms with Crippen LogP contribution < -0.4 is 4.90 Å². The molecular formula is C19H23NO6S. The van der Waals surface area contributed by atoms with Gasteiger partial charge < -0.3 is 19.1 Å². The number of ketones is 1. The summed E-state index contributed by atoms with van der Waals surface area (Å²) in [5.41, 5.74) is 0.439. The molecule has 0 atom stereocenters. The predicted octanol–water partition coefficient (Wildman–Crippen LogP) is 2.86. The standard InChI is InChI=1S/C19H23NO6S/c1-5-7-12(6-2)15(21)16-13(18(22)24-3)14(19(23)25-4)17(27-16)20-8-10-26-11-9-20/h5-7H,8-11H2,1-4H3. The highest BCUT2D eigenvalue weighted by Crippen LogP contribution is 2.39. The van der Waals surface area contributed by atoms with Gasteiger partial charge in [-0.25, -0.2) is 9.59 Å². The van der Waals surface area contributed by atoms with E-state index in [2.05, 4.69) is 0 Å². The molecule has 8 heteroatoms. The van der Waals surface area contributed by atoms with Crippen molar-refractivity contribution in [3.05, 3.63) is 39.8 Å². The van der Waals surface area contributed by atoms with E-state index in [1.165, 1.54) is 14.2 Å². The number of carbonyl (C=O) groups excluding carboxylic acids is 3. The second-order valence-electron chi connectivity index (χ2n) is 5.64. The normalized spacial score (nSPS) is 15.1. The number of Topliss-reactive ketones (excluding diaryl/α,β-unsaturated/α-hetero) is 1. The van der Waals surface area contributed by atoms with E-state index >= 15 is 0 Å². The molecule has 27 heavy (non-hydrogen) atoms. The molecule has 1 aromatic rings. The van der Waals surface area contributed by atoms with Gasteiger partial charge in [0.05, 0.1) is 37.9 Å². The molecule has 2 rings (SSSR count). The van der Waals surface area contributed by atoms with Gasteiger partial charge in [0.25, 0.3) is 0 Å². The minimum Gasteiger partial charge on any atom is -0.465 e. The number of carbonyl (C=O) groups is 3. The van der Waals surface area contributed by atoms with Gasteiger partial charge in [0.15, 0.2) is 0 Å². The van der Waals surface area contributed by atoms with E-state index in [9.17, 15) is 14.4 Å². The van der Waals surface area contributed by atoms with Gasteiger partial charge in [-0.05, 0) is 13.8 Å². The summed E-state index contributed by atoms with van der Waals surface area (Å²) >= 11 is 1.10. The molecule has 146 valence electrons. The highest BCUT2D eigenvalue weighted by atomic mass is 32.1. The smallest absolute Gasteiger partial charge is 0.341 e. The third kappa shape index (κ3) is 4.28. The van der Waals surface area contributed by atoms with E-state index in [4.69, 9.17) is 14.2 Å². The molecule has 0 amide bonds. The maximum Gasteiger partial charge on any atom is 0.341 e. The summed E-state index contributed by atoms with van der Waals surface area (Å²) in [5.74, 6) is -1.77.